The molecule has 0 saturated carbocycles. The third kappa shape index (κ3) is 5.89. The summed E-state index contributed by atoms with van der Waals surface area (Å²) >= 11 is 0. The van der Waals surface area contributed by atoms with Crippen molar-refractivity contribution in [2.75, 3.05) is 0 Å². The maximum atomic E-state index is 14.8. The predicted molar refractivity (Wildman–Crippen MR) is 110 cm³/mol. The van der Waals surface area contributed by atoms with Gasteiger partial charge < -0.3 is 4.74 Å². The van der Waals surface area contributed by atoms with Crippen LogP contribution in [0, 0.1) is 11.8 Å². The van der Waals surface area contributed by atoms with Gasteiger partial charge in [-0.15, -0.1) is 0 Å². The fraction of sp³-hybridized carbons (Fsp3) is 0.478. The lowest BCUT2D eigenvalue weighted by Crippen LogP contribution is -2.27. The average molecular weight is 451 g/mol. The number of carbonyl (C=O) groups is 1. The second kappa shape index (κ2) is 8.96. The van der Waals surface area contributed by atoms with Crippen molar-refractivity contribution in [2.24, 2.45) is 11.8 Å². The van der Waals surface area contributed by atoms with E-state index in [-0.39, 0.29) is 29.9 Å². The van der Waals surface area contributed by atoms with E-state index in [4.69, 9.17) is 4.74 Å². The van der Waals surface area contributed by atoms with Crippen molar-refractivity contribution in [3.63, 3.8) is 0 Å². The van der Waals surface area contributed by atoms with Gasteiger partial charge in [0.25, 0.3) is 0 Å². The molecule has 3 atom stereocenters. The van der Waals surface area contributed by atoms with E-state index in [0.29, 0.717) is 23.1 Å². The topological polar surface area (TPSA) is 65.0 Å². The molecular weight excluding hydrogens is 426 g/mol. The predicted octanol–water partition coefficient (Wildman–Crippen LogP) is 5.66. The van der Waals surface area contributed by atoms with Gasteiger partial charge in [-0.25, -0.2) is 14.4 Å². The second-order valence-electron chi connectivity index (χ2n) is 8.98. The number of ether oxygens (including phenoxy) is 1. The largest absolute Gasteiger partial charge is 0.460 e. The van der Waals surface area contributed by atoms with Gasteiger partial charge in [0.1, 0.15) is 5.60 Å². The van der Waals surface area contributed by atoms with E-state index in [1.165, 1.54) is 12.3 Å². The van der Waals surface area contributed by atoms with Crippen molar-refractivity contribution in [3.8, 4) is 11.1 Å². The molecule has 2 aromatic rings. The fourth-order valence-electron chi connectivity index (χ4n) is 3.58. The van der Waals surface area contributed by atoms with E-state index >= 15 is 0 Å². The lowest BCUT2D eigenvalue weighted by atomic mass is 9.82. The van der Waals surface area contributed by atoms with Gasteiger partial charge in [0.05, 0.1) is 12.1 Å². The summed E-state index contributed by atoms with van der Waals surface area (Å²) in [7, 11) is 0. The SMILES string of the molecule is CC1Cc2cc(-c3cnc(C(F)(F)F)nc3)cnc2C(F)/C=C/C1CC(=O)OC(C)(C)C. The first-order chi connectivity index (χ1) is 14.8. The fourth-order valence-corrected chi connectivity index (χ4v) is 3.58. The monoisotopic (exact) mass is 451 g/mol. The highest BCUT2D eigenvalue weighted by Gasteiger charge is 2.34. The molecule has 0 bridgehead atoms. The first-order valence-corrected chi connectivity index (χ1v) is 10.3. The number of allylic oxidation sites excluding steroid dienone is 2. The molecule has 0 saturated heterocycles. The Balaban J connectivity index is 1.85. The van der Waals surface area contributed by atoms with Crippen LogP contribution in [0.1, 0.15) is 57.4 Å². The van der Waals surface area contributed by atoms with Gasteiger partial charge in [0, 0.05) is 29.7 Å². The van der Waals surface area contributed by atoms with Crippen LogP contribution in [0.5, 0.6) is 0 Å². The van der Waals surface area contributed by atoms with Crippen molar-refractivity contribution in [1.82, 2.24) is 15.0 Å². The quantitative estimate of drug-likeness (QED) is 0.342. The molecule has 32 heavy (non-hydrogen) atoms. The van der Waals surface area contributed by atoms with Crippen LogP contribution < -0.4 is 0 Å². The summed E-state index contributed by atoms with van der Waals surface area (Å²) in [5, 5.41) is 0. The van der Waals surface area contributed by atoms with Crippen LogP contribution in [-0.4, -0.2) is 26.5 Å². The lowest BCUT2D eigenvalue weighted by molar-refractivity contribution is -0.156. The minimum absolute atomic E-state index is 0.0223. The van der Waals surface area contributed by atoms with Gasteiger partial charge >= 0.3 is 12.1 Å². The minimum atomic E-state index is -4.63. The molecule has 0 aliphatic heterocycles. The number of carbonyl (C=O) groups excluding carboxylic acids is 1. The summed E-state index contributed by atoms with van der Waals surface area (Å²) in [6.07, 6.45) is 1.10. The maximum absolute atomic E-state index is 14.8. The van der Waals surface area contributed by atoms with Crippen molar-refractivity contribution >= 4 is 5.97 Å². The Kier molecular flexibility index (Phi) is 6.67. The standard InChI is InChI=1S/C23H25F4N3O2/c1-13-7-15-8-16(17-11-29-21(30-12-17)23(25,26)27)10-28-20(15)18(24)6-5-14(13)9-19(31)32-22(2,3)4/h5-6,8,10-14,18H,7,9H2,1-4H3/b6-5+. The van der Waals surface area contributed by atoms with Crippen LogP contribution in [0.25, 0.3) is 11.1 Å². The summed E-state index contributed by atoms with van der Waals surface area (Å²) in [6, 6.07) is 1.70. The summed E-state index contributed by atoms with van der Waals surface area (Å²) in [4.78, 5) is 23.3. The van der Waals surface area contributed by atoms with Crippen molar-refractivity contribution in [3.05, 3.63) is 53.9 Å². The molecule has 2 aromatic heterocycles. The molecule has 0 fully saturated rings. The molecule has 3 rings (SSSR count). The Morgan fingerprint density at radius 3 is 2.28 bits per heavy atom. The second-order valence-corrected chi connectivity index (χ2v) is 8.98. The minimum Gasteiger partial charge on any atom is -0.460 e. The molecule has 1 aliphatic rings. The molecule has 0 amide bonds. The normalized spacial score (nSPS) is 22.4. The summed E-state index contributed by atoms with van der Waals surface area (Å²) < 4.78 is 58.4. The zero-order valence-electron chi connectivity index (χ0n) is 18.3. The van der Waals surface area contributed by atoms with Crippen LogP contribution in [-0.2, 0) is 22.1 Å². The number of halogens is 4. The van der Waals surface area contributed by atoms with Gasteiger partial charge in [0.15, 0.2) is 6.17 Å². The third-order valence-electron chi connectivity index (χ3n) is 5.12. The summed E-state index contributed by atoms with van der Waals surface area (Å²) in [5.41, 5.74) is 1.11. The average Bonchev–Trinajstić information content (AvgIpc) is 2.68. The molecule has 1 aliphatic carbocycles. The Morgan fingerprint density at radius 1 is 1.06 bits per heavy atom. The van der Waals surface area contributed by atoms with Crippen molar-refractivity contribution in [1.29, 1.82) is 0 Å². The zero-order chi connectivity index (χ0) is 23.7. The molecule has 5 nitrogen and oxygen atoms in total. The number of alkyl halides is 4. The Morgan fingerprint density at radius 2 is 1.69 bits per heavy atom. The van der Waals surface area contributed by atoms with Gasteiger partial charge in [-0.1, -0.05) is 13.0 Å². The molecule has 0 radical (unpaired) electrons. The number of hydrogen-bond acceptors (Lipinski definition) is 5. The van der Waals surface area contributed by atoms with Crippen LogP contribution in [0.3, 0.4) is 0 Å². The highest BCUT2D eigenvalue weighted by molar-refractivity contribution is 5.70. The molecule has 3 unspecified atom stereocenters. The van der Waals surface area contributed by atoms with E-state index in [2.05, 4.69) is 15.0 Å². The van der Waals surface area contributed by atoms with E-state index in [9.17, 15) is 22.4 Å². The molecule has 9 heteroatoms. The number of rotatable bonds is 3. The Labute approximate surface area is 183 Å². The number of hydrogen-bond donors (Lipinski definition) is 0. The molecule has 172 valence electrons. The maximum Gasteiger partial charge on any atom is 0.451 e. The van der Waals surface area contributed by atoms with Crippen molar-refractivity contribution in [2.45, 2.75) is 58.5 Å². The number of esters is 1. The third-order valence-corrected chi connectivity index (χ3v) is 5.12. The number of pyridine rings is 1. The van der Waals surface area contributed by atoms with Crippen LogP contribution >= 0.6 is 0 Å². The van der Waals surface area contributed by atoms with Gasteiger partial charge in [0.2, 0.25) is 5.82 Å². The highest BCUT2D eigenvalue weighted by atomic mass is 19.4. The first-order valence-electron chi connectivity index (χ1n) is 10.3. The molecular formula is C23H25F4N3O2. The van der Waals surface area contributed by atoms with Crippen LogP contribution in [0.15, 0.2) is 36.8 Å². The molecule has 0 spiro atoms. The van der Waals surface area contributed by atoms with E-state index in [1.54, 1.807) is 32.9 Å². The highest BCUT2D eigenvalue weighted by Crippen LogP contribution is 2.34. The Hall–Kier alpha value is -2.84. The Bertz CT molecular complexity index is 998. The zero-order valence-corrected chi connectivity index (χ0v) is 18.3. The first kappa shape index (κ1) is 23.8. The van der Waals surface area contributed by atoms with Gasteiger partial charge in [-0.2, -0.15) is 13.2 Å². The molecule has 2 heterocycles. The number of fused-ring (bicyclic) bond motifs is 1. The lowest BCUT2D eigenvalue weighted by Gasteiger charge is -2.26. The number of nitrogens with zero attached hydrogens (tertiary/aromatic N) is 3. The smallest absolute Gasteiger partial charge is 0.451 e. The number of aromatic nitrogens is 3. The van der Waals surface area contributed by atoms with E-state index in [0.717, 1.165) is 12.4 Å². The van der Waals surface area contributed by atoms with Crippen molar-refractivity contribution < 1.29 is 27.1 Å². The van der Waals surface area contributed by atoms with Crippen LogP contribution in [0.2, 0.25) is 0 Å². The van der Waals surface area contributed by atoms with Gasteiger partial charge in [-0.3, -0.25) is 9.78 Å². The summed E-state index contributed by atoms with van der Waals surface area (Å²) in [5.74, 6) is -1.84. The van der Waals surface area contributed by atoms with Gasteiger partial charge in [-0.05, 0) is 56.7 Å². The molecule has 0 N–H and O–H groups in total. The van der Waals surface area contributed by atoms with E-state index < -0.39 is 23.8 Å². The summed E-state index contributed by atoms with van der Waals surface area (Å²) in [6.45, 7) is 7.31. The van der Waals surface area contributed by atoms with E-state index in [1.807, 2.05) is 6.92 Å². The van der Waals surface area contributed by atoms with Crippen LogP contribution in [0.4, 0.5) is 17.6 Å². The molecule has 0 aromatic carbocycles.